The predicted molar refractivity (Wildman–Crippen MR) is 65.7 cm³/mol. The van der Waals surface area contributed by atoms with Crippen LogP contribution in [0.25, 0.3) is 0 Å². The topological polar surface area (TPSA) is 9.23 Å². The summed E-state index contributed by atoms with van der Waals surface area (Å²) in [6.07, 6.45) is 8.22. The molecule has 0 bridgehead atoms. The van der Waals surface area contributed by atoms with Crippen molar-refractivity contribution in [3.8, 4) is 5.75 Å². The molecule has 1 atom stereocenters. The molecule has 1 spiro atoms. The minimum absolute atomic E-state index is 0.0487. The molecule has 16 heavy (non-hydrogen) atoms. The summed E-state index contributed by atoms with van der Waals surface area (Å²) < 4.78 is 5.73. The fraction of sp³-hybridized carbons (Fsp3) is 0.333. The summed E-state index contributed by atoms with van der Waals surface area (Å²) in [4.78, 5) is 0. The number of para-hydroxylation sites is 1. The molecule has 2 aliphatic rings. The Balaban J connectivity index is 2.20. The van der Waals surface area contributed by atoms with Crippen molar-refractivity contribution in [1.29, 1.82) is 0 Å². The zero-order chi connectivity index (χ0) is 11.0. The van der Waals surface area contributed by atoms with Gasteiger partial charge in [-0.3, -0.25) is 0 Å². The molecule has 0 radical (unpaired) electrons. The molecule has 0 aromatic heterocycles. The molecule has 3 rings (SSSR count). The van der Waals surface area contributed by atoms with Crippen LogP contribution >= 0.6 is 0 Å². The molecule has 1 aliphatic heterocycles. The van der Waals surface area contributed by atoms with Crippen molar-refractivity contribution < 1.29 is 4.74 Å². The third-order valence-electron chi connectivity index (χ3n) is 3.74. The van der Waals surface area contributed by atoms with Crippen molar-refractivity contribution >= 4 is 0 Å². The maximum atomic E-state index is 5.73. The number of rotatable bonds is 0. The second-order valence-corrected chi connectivity index (χ2v) is 4.65. The average molecular weight is 212 g/mol. The lowest BCUT2D eigenvalue weighted by Gasteiger charge is -2.40. The van der Waals surface area contributed by atoms with Gasteiger partial charge in [-0.25, -0.2) is 0 Å². The van der Waals surface area contributed by atoms with Crippen LogP contribution < -0.4 is 4.74 Å². The van der Waals surface area contributed by atoms with E-state index in [4.69, 9.17) is 4.74 Å². The van der Waals surface area contributed by atoms with E-state index < -0.39 is 0 Å². The van der Waals surface area contributed by atoms with Gasteiger partial charge < -0.3 is 4.74 Å². The smallest absolute Gasteiger partial charge is 0.124 e. The van der Waals surface area contributed by atoms with Crippen LogP contribution in [0, 0.1) is 0 Å². The SMILES string of the molecule is C=C1COc2ccccc2C12C=CCCC2. The van der Waals surface area contributed by atoms with Gasteiger partial charge in [0.15, 0.2) is 0 Å². The van der Waals surface area contributed by atoms with Crippen molar-refractivity contribution in [2.45, 2.75) is 24.7 Å². The van der Waals surface area contributed by atoms with Crippen LogP contribution in [0.1, 0.15) is 24.8 Å². The lowest BCUT2D eigenvalue weighted by atomic mass is 9.68. The van der Waals surface area contributed by atoms with E-state index in [1.165, 1.54) is 30.4 Å². The lowest BCUT2D eigenvalue weighted by molar-refractivity contribution is 0.291. The zero-order valence-corrected chi connectivity index (χ0v) is 9.41. The summed E-state index contributed by atoms with van der Waals surface area (Å²) in [5.41, 5.74) is 2.54. The number of ether oxygens (including phenoxy) is 1. The third kappa shape index (κ3) is 1.24. The molecule has 1 aliphatic carbocycles. The molecule has 1 heteroatoms. The number of hydrogen-bond donors (Lipinski definition) is 0. The monoisotopic (exact) mass is 212 g/mol. The number of fused-ring (bicyclic) bond motifs is 2. The normalized spacial score (nSPS) is 27.6. The van der Waals surface area contributed by atoms with Crippen LogP contribution in [0.15, 0.2) is 48.6 Å². The fourth-order valence-corrected chi connectivity index (χ4v) is 2.83. The molecular weight excluding hydrogens is 196 g/mol. The first-order valence-corrected chi connectivity index (χ1v) is 5.91. The van der Waals surface area contributed by atoms with Gasteiger partial charge in [0.2, 0.25) is 0 Å². The van der Waals surface area contributed by atoms with Crippen LogP contribution in [0.4, 0.5) is 0 Å². The number of benzene rings is 1. The predicted octanol–water partition coefficient (Wildman–Crippen LogP) is 3.61. The molecule has 1 aromatic rings. The Morgan fingerprint density at radius 2 is 2.12 bits per heavy atom. The van der Waals surface area contributed by atoms with Crippen LogP contribution in [0.3, 0.4) is 0 Å². The van der Waals surface area contributed by atoms with Gasteiger partial charge in [-0.15, -0.1) is 0 Å². The van der Waals surface area contributed by atoms with Crippen LogP contribution in [-0.2, 0) is 5.41 Å². The van der Waals surface area contributed by atoms with Crippen molar-refractivity contribution in [1.82, 2.24) is 0 Å². The zero-order valence-electron chi connectivity index (χ0n) is 9.41. The Bertz CT molecular complexity index is 458. The minimum atomic E-state index is 0.0487. The van der Waals surface area contributed by atoms with E-state index in [0.29, 0.717) is 6.61 Å². The van der Waals surface area contributed by atoms with Crippen molar-refractivity contribution in [2.75, 3.05) is 6.61 Å². The molecule has 82 valence electrons. The molecule has 1 heterocycles. The van der Waals surface area contributed by atoms with E-state index in [-0.39, 0.29) is 5.41 Å². The van der Waals surface area contributed by atoms with Crippen molar-refractivity contribution in [3.05, 3.63) is 54.1 Å². The van der Waals surface area contributed by atoms with E-state index in [1.54, 1.807) is 0 Å². The standard InChI is InChI=1S/C15H16O/c1-12-11-16-14-8-4-3-7-13(14)15(12)9-5-2-6-10-15/h3-5,7-9H,1-2,6,10-11H2. The largest absolute Gasteiger partial charge is 0.489 e. The van der Waals surface area contributed by atoms with Gasteiger partial charge >= 0.3 is 0 Å². The highest BCUT2D eigenvalue weighted by molar-refractivity contribution is 5.52. The van der Waals surface area contributed by atoms with E-state index in [1.807, 2.05) is 6.07 Å². The molecule has 1 nitrogen and oxygen atoms in total. The van der Waals surface area contributed by atoms with Crippen LogP contribution in [0.2, 0.25) is 0 Å². The average Bonchev–Trinajstić information content (AvgIpc) is 2.36. The maximum Gasteiger partial charge on any atom is 0.124 e. The van der Waals surface area contributed by atoms with Crippen LogP contribution in [-0.4, -0.2) is 6.61 Å². The quantitative estimate of drug-likeness (QED) is 0.597. The summed E-state index contributed by atoms with van der Waals surface area (Å²) in [5, 5.41) is 0. The molecule has 0 fully saturated rings. The van der Waals surface area contributed by atoms with Crippen molar-refractivity contribution in [2.24, 2.45) is 0 Å². The Morgan fingerprint density at radius 1 is 1.25 bits per heavy atom. The highest BCUT2D eigenvalue weighted by atomic mass is 16.5. The Kier molecular flexibility index (Phi) is 2.13. The van der Waals surface area contributed by atoms with E-state index in [2.05, 4.69) is 36.9 Å². The summed E-state index contributed by atoms with van der Waals surface area (Å²) in [6.45, 7) is 4.87. The first kappa shape index (κ1) is 9.71. The van der Waals surface area contributed by atoms with Crippen molar-refractivity contribution in [3.63, 3.8) is 0 Å². The second kappa shape index (κ2) is 3.51. The highest BCUT2D eigenvalue weighted by Crippen LogP contribution is 2.47. The van der Waals surface area contributed by atoms with E-state index in [0.717, 1.165) is 5.75 Å². The first-order chi connectivity index (χ1) is 7.83. The summed E-state index contributed by atoms with van der Waals surface area (Å²) in [5.74, 6) is 1.03. The molecular formula is C15H16O. The summed E-state index contributed by atoms with van der Waals surface area (Å²) >= 11 is 0. The van der Waals surface area contributed by atoms with Gasteiger partial charge in [0.25, 0.3) is 0 Å². The van der Waals surface area contributed by atoms with Gasteiger partial charge in [0.1, 0.15) is 12.4 Å². The van der Waals surface area contributed by atoms with E-state index >= 15 is 0 Å². The molecule has 1 unspecified atom stereocenters. The summed E-state index contributed by atoms with van der Waals surface area (Å²) in [7, 11) is 0. The number of hydrogen-bond acceptors (Lipinski definition) is 1. The van der Waals surface area contributed by atoms with E-state index in [9.17, 15) is 0 Å². The Labute approximate surface area is 96.4 Å². The van der Waals surface area contributed by atoms with Gasteiger partial charge in [0, 0.05) is 11.0 Å². The third-order valence-corrected chi connectivity index (χ3v) is 3.74. The Morgan fingerprint density at radius 3 is 2.94 bits per heavy atom. The van der Waals surface area contributed by atoms with Gasteiger partial charge in [0.05, 0.1) is 0 Å². The van der Waals surface area contributed by atoms with Gasteiger partial charge in [-0.2, -0.15) is 0 Å². The molecule has 0 saturated carbocycles. The maximum absolute atomic E-state index is 5.73. The fourth-order valence-electron chi connectivity index (χ4n) is 2.83. The van der Waals surface area contributed by atoms with Gasteiger partial charge in [-0.05, 0) is 30.9 Å². The molecule has 0 amide bonds. The highest BCUT2D eigenvalue weighted by Gasteiger charge is 2.38. The lowest BCUT2D eigenvalue weighted by Crippen LogP contribution is -2.34. The second-order valence-electron chi connectivity index (χ2n) is 4.65. The first-order valence-electron chi connectivity index (χ1n) is 5.91. The minimum Gasteiger partial charge on any atom is -0.489 e. The summed E-state index contributed by atoms with van der Waals surface area (Å²) in [6, 6.07) is 8.36. The van der Waals surface area contributed by atoms with Crippen LogP contribution in [0.5, 0.6) is 5.75 Å². The van der Waals surface area contributed by atoms with Gasteiger partial charge in [-0.1, -0.05) is 36.9 Å². The molecule has 0 saturated heterocycles. The molecule has 0 N–H and O–H groups in total. The molecule has 1 aromatic carbocycles. The number of allylic oxidation sites excluding steroid dienone is 2. The Hall–Kier alpha value is -1.50.